The number of hydrogen-bond donors (Lipinski definition) is 0. The minimum absolute atomic E-state index is 0.0722. The molecule has 0 N–H and O–H groups in total. The summed E-state index contributed by atoms with van der Waals surface area (Å²) in [5.74, 6) is 1.65. The van der Waals surface area contributed by atoms with Gasteiger partial charge in [0.15, 0.2) is 0 Å². The van der Waals surface area contributed by atoms with E-state index in [0.717, 1.165) is 33.4 Å². The summed E-state index contributed by atoms with van der Waals surface area (Å²) in [4.78, 5) is 0. The number of halogens is 4. The predicted molar refractivity (Wildman–Crippen MR) is 178 cm³/mol. The van der Waals surface area contributed by atoms with Crippen molar-refractivity contribution in [1.29, 1.82) is 0 Å². The van der Waals surface area contributed by atoms with Gasteiger partial charge in [-0.05, 0) is 0 Å². The molecule has 2 aliphatic heterocycles. The molecule has 0 aliphatic carbocycles. The van der Waals surface area contributed by atoms with Gasteiger partial charge in [0.1, 0.15) is 0 Å². The van der Waals surface area contributed by atoms with Crippen LogP contribution in [0.3, 0.4) is 0 Å². The summed E-state index contributed by atoms with van der Waals surface area (Å²) in [5, 5.41) is -0.573. The van der Waals surface area contributed by atoms with Crippen molar-refractivity contribution in [2.24, 2.45) is 0 Å². The topological polar surface area (TPSA) is 36.9 Å². The Labute approximate surface area is 270 Å². The average Bonchev–Trinajstić information content (AvgIpc) is 3.20. The molecule has 0 unspecified atom stereocenters. The molecule has 0 saturated carbocycles. The quantitative estimate of drug-likeness (QED) is 0.135. The molecule has 0 radical (unpaired) electrons. The zero-order valence-corrected chi connectivity index (χ0v) is 30.0. The summed E-state index contributed by atoms with van der Waals surface area (Å²) in [7, 11) is -4.84. The number of benzene rings is 3. The third-order valence-corrected chi connectivity index (χ3v) is 13.8. The summed E-state index contributed by atoms with van der Waals surface area (Å²) in [6, 6.07) is 8.66. The van der Waals surface area contributed by atoms with Crippen molar-refractivity contribution >= 4 is 53.9 Å². The first-order valence-electron chi connectivity index (χ1n) is 14.0. The van der Waals surface area contributed by atoms with Crippen LogP contribution in [-0.4, -0.2) is 5.16 Å². The normalized spacial score (nSPS) is 18.1. The van der Waals surface area contributed by atoms with Crippen molar-refractivity contribution in [2.75, 3.05) is 0 Å². The maximum absolute atomic E-state index is 7.34. The van der Waals surface area contributed by atoms with Crippen molar-refractivity contribution in [3.05, 3.63) is 77.7 Å². The molecule has 0 atom stereocenters. The number of fused-ring (bicyclic) bond motifs is 3. The van der Waals surface area contributed by atoms with Crippen molar-refractivity contribution in [3.8, 4) is 23.0 Å². The molecule has 0 amide bonds. The van der Waals surface area contributed by atoms with Gasteiger partial charge in [-0.1, -0.05) is 0 Å². The van der Waals surface area contributed by atoms with Crippen LogP contribution in [0.1, 0.15) is 95.7 Å². The van der Waals surface area contributed by atoms with Crippen molar-refractivity contribution < 1.29 is 18.1 Å². The summed E-state index contributed by atoms with van der Waals surface area (Å²) >= 11 is 26.6. The monoisotopic (exact) mass is 670 g/mol. The van der Waals surface area contributed by atoms with Gasteiger partial charge in [-0.25, -0.2) is 0 Å². The standard InChI is InChI=1S/C33H39Cl4O4P/c1-17-12-19-16-20-13-18(2)15-22(32(6,7)8)28(20)39-42(33(9,10)11,38-27(19)21(14-17)31(3,4)5)40-29-25(36)23(34)24(35)26(37)30(29)41-42/h12-15H,16H2,1-11H3. The summed E-state index contributed by atoms with van der Waals surface area (Å²) in [5.41, 5.74) is 5.77. The Morgan fingerprint density at radius 1 is 0.524 bits per heavy atom. The van der Waals surface area contributed by atoms with Crippen molar-refractivity contribution in [3.63, 3.8) is 0 Å². The molecular weight excluding hydrogens is 633 g/mol. The van der Waals surface area contributed by atoms with Gasteiger partial charge in [0.05, 0.1) is 0 Å². The Kier molecular flexibility index (Phi) is 7.38. The molecule has 3 aromatic rings. The van der Waals surface area contributed by atoms with Gasteiger partial charge in [-0.15, -0.1) is 0 Å². The van der Waals surface area contributed by atoms with Crippen LogP contribution in [0.15, 0.2) is 24.3 Å². The van der Waals surface area contributed by atoms with E-state index < -0.39 is 12.7 Å². The molecule has 0 bridgehead atoms. The molecular formula is C33H39Cl4O4P. The molecule has 42 heavy (non-hydrogen) atoms. The zero-order valence-electron chi connectivity index (χ0n) is 26.1. The van der Waals surface area contributed by atoms with E-state index >= 15 is 0 Å². The van der Waals surface area contributed by atoms with E-state index in [0.29, 0.717) is 17.9 Å². The van der Waals surface area contributed by atoms with Gasteiger partial charge in [0.25, 0.3) is 0 Å². The molecule has 228 valence electrons. The zero-order chi connectivity index (χ0) is 31.4. The Balaban J connectivity index is 1.98. The third-order valence-electron chi connectivity index (χ3n) is 7.89. The number of aryl methyl sites for hydroxylation is 2. The molecule has 2 heterocycles. The van der Waals surface area contributed by atoms with E-state index in [9.17, 15) is 0 Å². The predicted octanol–water partition coefficient (Wildman–Crippen LogP) is 12.4. The van der Waals surface area contributed by atoms with E-state index in [4.69, 9.17) is 64.5 Å². The van der Waals surface area contributed by atoms with Crippen LogP contribution in [0.5, 0.6) is 23.0 Å². The van der Waals surface area contributed by atoms with E-state index in [1.54, 1.807) is 0 Å². The van der Waals surface area contributed by atoms with Crippen LogP contribution >= 0.6 is 53.9 Å². The Morgan fingerprint density at radius 2 is 0.857 bits per heavy atom. The first-order valence-corrected chi connectivity index (χ1v) is 17.5. The Bertz CT molecular complexity index is 1530. The molecule has 1 spiro atoms. The van der Waals surface area contributed by atoms with Gasteiger partial charge >= 0.3 is 271 Å². The fraction of sp³-hybridized carbons (Fsp3) is 0.455. The minimum atomic E-state index is -4.84. The SMILES string of the molecule is Cc1cc2c(c(C(C)(C)C)c1)OP1(C(C)(C)C)(Oc3c(cc(C)cc3C(C)(C)C)C2)Oc2c(Cl)c(Cl)c(Cl)c(Cl)c2O1. The molecule has 0 saturated heterocycles. The van der Waals surface area contributed by atoms with E-state index in [1.807, 2.05) is 20.8 Å². The second-order valence-electron chi connectivity index (χ2n) is 14.5. The number of hydrogen-bond acceptors (Lipinski definition) is 4. The van der Waals surface area contributed by atoms with E-state index in [2.05, 4.69) is 79.7 Å². The van der Waals surface area contributed by atoms with Crippen LogP contribution in [0.25, 0.3) is 0 Å². The average molecular weight is 672 g/mol. The van der Waals surface area contributed by atoms with Crippen LogP contribution in [0, 0.1) is 13.8 Å². The van der Waals surface area contributed by atoms with Gasteiger partial charge in [0.2, 0.25) is 0 Å². The second-order valence-corrected chi connectivity index (χ2v) is 19.7. The first-order chi connectivity index (χ1) is 19.1. The van der Waals surface area contributed by atoms with Crippen LogP contribution in [-0.2, 0) is 17.3 Å². The third kappa shape index (κ3) is 4.76. The van der Waals surface area contributed by atoms with Crippen LogP contribution < -0.4 is 18.1 Å². The fourth-order valence-electron chi connectivity index (χ4n) is 5.54. The Hall–Kier alpha value is -1.55. The van der Waals surface area contributed by atoms with Gasteiger partial charge in [0, 0.05) is 0 Å². The van der Waals surface area contributed by atoms with Crippen molar-refractivity contribution in [1.82, 2.24) is 0 Å². The van der Waals surface area contributed by atoms with Gasteiger partial charge in [-0.3, -0.25) is 0 Å². The van der Waals surface area contributed by atoms with E-state index in [-0.39, 0.29) is 42.4 Å². The molecule has 4 nitrogen and oxygen atoms in total. The van der Waals surface area contributed by atoms with Crippen LogP contribution in [0.2, 0.25) is 20.1 Å². The van der Waals surface area contributed by atoms with Crippen molar-refractivity contribution in [2.45, 2.75) is 98.6 Å². The summed E-state index contributed by atoms with van der Waals surface area (Å²) < 4.78 is 28.6. The van der Waals surface area contributed by atoms with Gasteiger partial charge in [-0.2, -0.15) is 0 Å². The summed E-state index contributed by atoms with van der Waals surface area (Å²) in [6.45, 7) is 23.1. The second kappa shape index (κ2) is 9.72. The fourth-order valence-corrected chi connectivity index (χ4v) is 9.90. The van der Waals surface area contributed by atoms with Crippen LogP contribution in [0.4, 0.5) is 0 Å². The molecule has 0 aromatic heterocycles. The first kappa shape index (κ1) is 31.9. The molecule has 3 aromatic carbocycles. The number of rotatable bonds is 0. The maximum atomic E-state index is 7.34. The summed E-state index contributed by atoms with van der Waals surface area (Å²) in [6.07, 6.45) is 0.600. The van der Waals surface area contributed by atoms with Gasteiger partial charge < -0.3 is 0 Å². The molecule has 0 fully saturated rings. The molecule has 2 aliphatic rings. The molecule has 9 heteroatoms. The molecule has 5 rings (SSSR count). The van der Waals surface area contributed by atoms with E-state index in [1.165, 1.54) is 0 Å². The Morgan fingerprint density at radius 3 is 1.17 bits per heavy atom.